The lowest BCUT2D eigenvalue weighted by atomic mass is 10.0. The maximum absolute atomic E-state index is 14.6. The molecule has 0 saturated heterocycles. The largest absolute Gasteiger partial charge is 0.363 e. The highest BCUT2D eigenvalue weighted by Crippen LogP contribution is 2.43. The van der Waals surface area contributed by atoms with Crippen molar-refractivity contribution in [2.45, 2.75) is 44.7 Å². The number of benzene rings is 1. The van der Waals surface area contributed by atoms with Crippen LogP contribution in [0.15, 0.2) is 35.3 Å². The van der Waals surface area contributed by atoms with Gasteiger partial charge >= 0.3 is 0 Å². The Morgan fingerprint density at radius 2 is 1.93 bits per heavy atom. The van der Waals surface area contributed by atoms with E-state index in [1.807, 2.05) is 0 Å². The number of hydrogen-bond acceptors (Lipinski definition) is 4. The molecule has 3 aromatic rings. The van der Waals surface area contributed by atoms with E-state index in [9.17, 15) is 22.4 Å². The van der Waals surface area contributed by atoms with Crippen molar-refractivity contribution in [2.24, 2.45) is 0 Å². The molecule has 0 spiro atoms. The van der Waals surface area contributed by atoms with Crippen molar-refractivity contribution in [3.05, 3.63) is 63.6 Å². The van der Waals surface area contributed by atoms with Crippen LogP contribution in [0.5, 0.6) is 0 Å². The molecule has 1 saturated carbocycles. The Hall–Kier alpha value is -2.97. The smallest absolute Gasteiger partial charge is 0.266 e. The second kappa shape index (κ2) is 7.37. The van der Waals surface area contributed by atoms with E-state index < -0.39 is 36.1 Å². The molecule has 0 radical (unpaired) electrons. The summed E-state index contributed by atoms with van der Waals surface area (Å²) in [5, 5.41) is 3.51. The number of nitrogens with zero attached hydrogens (tertiary/aromatic N) is 3. The molecule has 5 nitrogen and oxygen atoms in total. The third kappa shape index (κ3) is 3.42. The lowest BCUT2D eigenvalue weighted by molar-refractivity contribution is 0.146. The van der Waals surface area contributed by atoms with Crippen molar-refractivity contribution in [1.29, 1.82) is 0 Å². The van der Waals surface area contributed by atoms with Gasteiger partial charge in [0.1, 0.15) is 24.1 Å². The first-order valence-electron chi connectivity index (χ1n) is 9.56. The van der Waals surface area contributed by atoms with Crippen molar-refractivity contribution >= 4 is 16.7 Å². The van der Waals surface area contributed by atoms with Gasteiger partial charge < -0.3 is 9.88 Å². The van der Waals surface area contributed by atoms with Crippen molar-refractivity contribution in [3.63, 3.8) is 0 Å². The zero-order valence-corrected chi connectivity index (χ0v) is 16.4. The van der Waals surface area contributed by atoms with Gasteiger partial charge in [-0.2, -0.15) is 0 Å². The van der Waals surface area contributed by atoms with Gasteiger partial charge in [-0.25, -0.2) is 27.5 Å². The number of halogens is 4. The molecule has 2 aromatic heterocycles. The SMILES string of the molecule is Cc1nc(NC(C)c2cccc(C(F)F)c2F)c2cn(C3(CF)CC3)c(=O)cc2n1. The van der Waals surface area contributed by atoms with Gasteiger partial charge in [0.2, 0.25) is 0 Å². The van der Waals surface area contributed by atoms with Crippen LogP contribution >= 0.6 is 0 Å². The van der Waals surface area contributed by atoms with Gasteiger partial charge in [0.15, 0.2) is 0 Å². The Kier molecular flexibility index (Phi) is 4.99. The van der Waals surface area contributed by atoms with E-state index in [0.29, 0.717) is 35.4 Å². The van der Waals surface area contributed by atoms with Crippen LogP contribution in [0.4, 0.5) is 23.4 Å². The third-order valence-electron chi connectivity index (χ3n) is 5.54. The molecule has 9 heteroatoms. The van der Waals surface area contributed by atoms with Crippen LogP contribution in [0.1, 0.15) is 49.2 Å². The van der Waals surface area contributed by atoms with E-state index in [0.717, 1.165) is 6.07 Å². The summed E-state index contributed by atoms with van der Waals surface area (Å²) in [6.07, 6.45) is -0.284. The normalized spacial score (nSPS) is 16.1. The molecule has 1 aliphatic carbocycles. The lowest BCUT2D eigenvalue weighted by Crippen LogP contribution is -2.31. The summed E-state index contributed by atoms with van der Waals surface area (Å²) < 4.78 is 55.6. The van der Waals surface area contributed by atoms with Crippen LogP contribution in [-0.2, 0) is 5.54 Å². The summed E-state index contributed by atoms with van der Waals surface area (Å²) in [6, 6.07) is 4.47. The quantitative estimate of drug-likeness (QED) is 0.582. The lowest BCUT2D eigenvalue weighted by Gasteiger charge is -2.20. The molecule has 4 rings (SSSR count). The topological polar surface area (TPSA) is 59.8 Å². The molecule has 1 atom stereocenters. The molecular weight excluding hydrogens is 400 g/mol. The highest BCUT2D eigenvalue weighted by atomic mass is 19.3. The van der Waals surface area contributed by atoms with Crippen molar-refractivity contribution in [1.82, 2.24) is 14.5 Å². The fourth-order valence-electron chi connectivity index (χ4n) is 3.64. The number of alkyl halides is 3. The minimum Gasteiger partial charge on any atom is -0.363 e. The Morgan fingerprint density at radius 1 is 1.23 bits per heavy atom. The predicted molar refractivity (Wildman–Crippen MR) is 105 cm³/mol. The van der Waals surface area contributed by atoms with E-state index in [-0.39, 0.29) is 11.1 Å². The predicted octanol–water partition coefficient (Wildman–Crippen LogP) is 4.81. The molecule has 1 N–H and O–H groups in total. The number of rotatable bonds is 6. The minimum absolute atomic E-state index is 0.0629. The van der Waals surface area contributed by atoms with Gasteiger partial charge in [0, 0.05) is 17.8 Å². The van der Waals surface area contributed by atoms with Crippen LogP contribution in [0.2, 0.25) is 0 Å². The van der Waals surface area contributed by atoms with E-state index in [1.165, 1.54) is 29.0 Å². The van der Waals surface area contributed by atoms with Gasteiger partial charge in [-0.15, -0.1) is 0 Å². The molecule has 0 bridgehead atoms. The van der Waals surface area contributed by atoms with Gasteiger partial charge in [-0.3, -0.25) is 4.79 Å². The summed E-state index contributed by atoms with van der Waals surface area (Å²) in [5.74, 6) is -0.285. The number of anilines is 1. The standard InChI is InChI=1S/C21H20F4N4O/c1-11(13-4-3-5-14(18(13)23)19(24)25)26-20-15-9-29(21(10-22)6-7-21)17(30)8-16(15)27-12(2)28-20/h3-5,8-9,11,19H,6-7,10H2,1-2H3,(H,26,27,28). The van der Waals surface area contributed by atoms with Crippen LogP contribution in [0.3, 0.4) is 0 Å². The maximum atomic E-state index is 14.6. The number of nitrogens with one attached hydrogen (secondary N) is 1. The Bertz CT molecular complexity index is 1170. The summed E-state index contributed by atoms with van der Waals surface area (Å²) in [6.45, 7) is 2.61. The summed E-state index contributed by atoms with van der Waals surface area (Å²) in [4.78, 5) is 21.1. The van der Waals surface area contributed by atoms with Crippen molar-refractivity contribution < 1.29 is 17.6 Å². The molecule has 0 amide bonds. The average molecular weight is 420 g/mol. The van der Waals surface area contributed by atoms with Crippen molar-refractivity contribution in [2.75, 3.05) is 12.0 Å². The molecular formula is C21H20F4N4O. The van der Waals surface area contributed by atoms with E-state index >= 15 is 0 Å². The number of fused-ring (bicyclic) bond motifs is 1. The van der Waals surface area contributed by atoms with Crippen LogP contribution < -0.4 is 10.9 Å². The Balaban J connectivity index is 1.78. The zero-order valence-electron chi connectivity index (χ0n) is 16.4. The molecule has 1 aromatic carbocycles. The monoisotopic (exact) mass is 420 g/mol. The minimum atomic E-state index is -2.93. The third-order valence-corrected chi connectivity index (χ3v) is 5.54. The van der Waals surface area contributed by atoms with Crippen molar-refractivity contribution in [3.8, 4) is 0 Å². The van der Waals surface area contributed by atoms with Gasteiger partial charge in [0.25, 0.3) is 12.0 Å². The Labute approximate surface area is 169 Å². The highest BCUT2D eigenvalue weighted by molar-refractivity contribution is 5.88. The molecule has 2 heterocycles. The second-order valence-electron chi connectivity index (χ2n) is 7.68. The molecule has 0 aliphatic heterocycles. The molecule has 30 heavy (non-hydrogen) atoms. The molecule has 158 valence electrons. The van der Waals surface area contributed by atoms with Crippen LogP contribution in [0, 0.1) is 12.7 Å². The first-order valence-corrected chi connectivity index (χ1v) is 9.56. The average Bonchev–Trinajstić information content (AvgIpc) is 3.48. The number of aromatic nitrogens is 3. The zero-order chi connectivity index (χ0) is 21.6. The molecule has 1 unspecified atom stereocenters. The first kappa shape index (κ1) is 20.3. The number of pyridine rings is 1. The second-order valence-corrected chi connectivity index (χ2v) is 7.68. The van der Waals surface area contributed by atoms with Gasteiger partial charge in [0.05, 0.1) is 28.0 Å². The van der Waals surface area contributed by atoms with E-state index in [1.54, 1.807) is 13.8 Å². The fourth-order valence-corrected chi connectivity index (χ4v) is 3.64. The fraction of sp³-hybridized carbons (Fsp3) is 0.381. The summed E-state index contributed by atoms with van der Waals surface area (Å²) in [7, 11) is 0. The van der Waals surface area contributed by atoms with Crippen LogP contribution in [-0.4, -0.2) is 21.2 Å². The summed E-state index contributed by atoms with van der Waals surface area (Å²) >= 11 is 0. The molecule has 1 fully saturated rings. The van der Waals surface area contributed by atoms with E-state index in [2.05, 4.69) is 15.3 Å². The first-order chi connectivity index (χ1) is 14.3. The van der Waals surface area contributed by atoms with Gasteiger partial charge in [-0.1, -0.05) is 18.2 Å². The maximum Gasteiger partial charge on any atom is 0.266 e. The van der Waals surface area contributed by atoms with Crippen LogP contribution in [0.25, 0.3) is 10.9 Å². The molecule has 1 aliphatic rings. The Morgan fingerprint density at radius 3 is 2.57 bits per heavy atom. The highest BCUT2D eigenvalue weighted by Gasteiger charge is 2.45. The summed E-state index contributed by atoms with van der Waals surface area (Å²) in [5.41, 5.74) is -1.43. The number of aryl methyl sites for hydroxylation is 1. The van der Waals surface area contributed by atoms with Gasteiger partial charge in [-0.05, 0) is 26.7 Å². The number of hydrogen-bond donors (Lipinski definition) is 1. The van der Waals surface area contributed by atoms with E-state index in [4.69, 9.17) is 0 Å².